The SMILES string of the molecule is COc1cc(C2CNCC2C(=O)NCC2CC2)cc(OC)c1OC. The third kappa shape index (κ3) is 3.43. The van der Waals surface area contributed by atoms with Crippen molar-refractivity contribution >= 4 is 5.91 Å². The normalized spacial score (nSPS) is 23.0. The van der Waals surface area contributed by atoms with Gasteiger partial charge in [-0.25, -0.2) is 0 Å². The van der Waals surface area contributed by atoms with Crippen LogP contribution in [-0.4, -0.2) is 46.9 Å². The second-order valence-electron chi connectivity index (χ2n) is 6.52. The van der Waals surface area contributed by atoms with Crippen LogP contribution in [0.4, 0.5) is 0 Å². The number of methoxy groups -OCH3 is 3. The lowest BCUT2D eigenvalue weighted by atomic mass is 9.88. The molecule has 2 aliphatic rings. The van der Waals surface area contributed by atoms with Gasteiger partial charge in [-0.3, -0.25) is 4.79 Å². The fourth-order valence-corrected chi connectivity index (χ4v) is 3.32. The maximum absolute atomic E-state index is 12.6. The van der Waals surface area contributed by atoms with Gasteiger partial charge >= 0.3 is 0 Å². The van der Waals surface area contributed by atoms with Gasteiger partial charge in [0.2, 0.25) is 11.7 Å². The Hall–Kier alpha value is -1.95. The monoisotopic (exact) mass is 334 g/mol. The number of carbonyl (C=O) groups excluding carboxylic acids is 1. The van der Waals surface area contributed by atoms with E-state index >= 15 is 0 Å². The maximum Gasteiger partial charge on any atom is 0.225 e. The summed E-state index contributed by atoms with van der Waals surface area (Å²) < 4.78 is 16.2. The average Bonchev–Trinajstić information content (AvgIpc) is 3.31. The minimum Gasteiger partial charge on any atom is -0.493 e. The number of carbonyl (C=O) groups is 1. The van der Waals surface area contributed by atoms with Gasteiger partial charge in [0.05, 0.1) is 27.2 Å². The number of amides is 1. The molecule has 2 atom stereocenters. The second-order valence-corrected chi connectivity index (χ2v) is 6.52. The van der Waals surface area contributed by atoms with Crippen molar-refractivity contribution in [1.82, 2.24) is 10.6 Å². The van der Waals surface area contributed by atoms with Crippen molar-refractivity contribution < 1.29 is 19.0 Å². The Morgan fingerprint density at radius 2 is 1.79 bits per heavy atom. The van der Waals surface area contributed by atoms with E-state index in [0.29, 0.717) is 29.7 Å². The molecule has 3 rings (SSSR count). The Balaban J connectivity index is 1.81. The van der Waals surface area contributed by atoms with Crippen molar-refractivity contribution in [2.75, 3.05) is 41.0 Å². The Kier molecular flexibility index (Phi) is 5.14. The van der Waals surface area contributed by atoms with Crippen LogP contribution in [0, 0.1) is 11.8 Å². The molecule has 2 N–H and O–H groups in total. The molecule has 1 heterocycles. The predicted octanol–water partition coefficient (Wildman–Crippen LogP) is 1.54. The van der Waals surface area contributed by atoms with Crippen molar-refractivity contribution in [3.8, 4) is 17.2 Å². The van der Waals surface area contributed by atoms with E-state index < -0.39 is 0 Å². The fraction of sp³-hybridized carbons (Fsp3) is 0.611. The molecule has 0 bridgehead atoms. The van der Waals surface area contributed by atoms with Gasteiger partial charge in [-0.05, 0) is 36.5 Å². The van der Waals surface area contributed by atoms with Crippen LogP contribution in [0.15, 0.2) is 12.1 Å². The van der Waals surface area contributed by atoms with E-state index in [1.807, 2.05) is 12.1 Å². The van der Waals surface area contributed by atoms with Crippen LogP contribution in [0.3, 0.4) is 0 Å². The summed E-state index contributed by atoms with van der Waals surface area (Å²) in [4.78, 5) is 12.6. The minimum atomic E-state index is -0.0773. The van der Waals surface area contributed by atoms with E-state index in [1.54, 1.807) is 21.3 Å². The summed E-state index contributed by atoms with van der Waals surface area (Å²) in [5.41, 5.74) is 1.03. The van der Waals surface area contributed by atoms with Gasteiger partial charge in [0.15, 0.2) is 11.5 Å². The van der Waals surface area contributed by atoms with E-state index in [-0.39, 0.29) is 17.7 Å². The first-order valence-electron chi connectivity index (χ1n) is 8.46. The quantitative estimate of drug-likeness (QED) is 0.792. The van der Waals surface area contributed by atoms with Gasteiger partial charge in [0.25, 0.3) is 0 Å². The lowest BCUT2D eigenvalue weighted by molar-refractivity contribution is -0.124. The highest BCUT2D eigenvalue weighted by Gasteiger charge is 2.35. The molecular formula is C18H26N2O4. The molecule has 1 aliphatic carbocycles. The molecule has 132 valence electrons. The average molecular weight is 334 g/mol. The topological polar surface area (TPSA) is 68.8 Å². The van der Waals surface area contributed by atoms with Crippen LogP contribution < -0.4 is 24.8 Å². The van der Waals surface area contributed by atoms with Gasteiger partial charge in [-0.2, -0.15) is 0 Å². The molecule has 1 aromatic rings. The molecular weight excluding hydrogens is 308 g/mol. The molecule has 2 unspecified atom stereocenters. The highest BCUT2D eigenvalue weighted by Crippen LogP contribution is 2.42. The molecule has 0 aromatic heterocycles. The Morgan fingerprint density at radius 3 is 2.33 bits per heavy atom. The third-order valence-corrected chi connectivity index (χ3v) is 4.93. The minimum absolute atomic E-state index is 0.0773. The number of ether oxygens (including phenoxy) is 3. The molecule has 24 heavy (non-hydrogen) atoms. The summed E-state index contributed by atoms with van der Waals surface area (Å²) >= 11 is 0. The van der Waals surface area contributed by atoms with E-state index in [0.717, 1.165) is 18.7 Å². The maximum atomic E-state index is 12.6. The van der Waals surface area contributed by atoms with Crippen molar-refractivity contribution in [3.05, 3.63) is 17.7 Å². The number of nitrogens with one attached hydrogen (secondary N) is 2. The van der Waals surface area contributed by atoms with Gasteiger partial charge in [-0.15, -0.1) is 0 Å². The first kappa shape index (κ1) is 16.9. The van der Waals surface area contributed by atoms with Crippen LogP contribution in [0.2, 0.25) is 0 Å². The van der Waals surface area contributed by atoms with Crippen LogP contribution in [0.5, 0.6) is 17.2 Å². The molecule has 2 fully saturated rings. The van der Waals surface area contributed by atoms with Gasteiger partial charge in [0, 0.05) is 25.6 Å². The highest BCUT2D eigenvalue weighted by molar-refractivity contribution is 5.80. The predicted molar refractivity (Wildman–Crippen MR) is 90.9 cm³/mol. The number of hydrogen-bond donors (Lipinski definition) is 2. The first-order chi connectivity index (χ1) is 11.7. The molecule has 0 spiro atoms. The van der Waals surface area contributed by atoms with Crippen molar-refractivity contribution in [2.24, 2.45) is 11.8 Å². The number of hydrogen-bond acceptors (Lipinski definition) is 5. The summed E-state index contributed by atoms with van der Waals surface area (Å²) in [6.45, 7) is 2.26. The van der Waals surface area contributed by atoms with Crippen molar-refractivity contribution in [3.63, 3.8) is 0 Å². The van der Waals surface area contributed by atoms with Crippen molar-refractivity contribution in [2.45, 2.75) is 18.8 Å². The summed E-state index contributed by atoms with van der Waals surface area (Å²) in [5, 5.41) is 6.43. The van der Waals surface area contributed by atoms with Gasteiger partial charge in [0.1, 0.15) is 0 Å². The summed E-state index contributed by atoms with van der Waals surface area (Å²) in [5.74, 6) is 2.65. The lowest BCUT2D eigenvalue weighted by Crippen LogP contribution is -2.35. The van der Waals surface area contributed by atoms with Gasteiger partial charge < -0.3 is 24.8 Å². The van der Waals surface area contributed by atoms with Crippen LogP contribution in [0.25, 0.3) is 0 Å². The van der Waals surface area contributed by atoms with Crippen LogP contribution >= 0.6 is 0 Å². The van der Waals surface area contributed by atoms with Gasteiger partial charge in [-0.1, -0.05) is 0 Å². The molecule has 1 amide bonds. The first-order valence-corrected chi connectivity index (χ1v) is 8.46. The number of rotatable bonds is 7. The standard InChI is InChI=1S/C18H26N2O4/c1-22-15-6-12(7-16(23-2)17(15)24-3)13-9-19-10-14(13)18(21)20-8-11-4-5-11/h6-7,11,13-14,19H,4-5,8-10H2,1-3H3,(H,20,21). The van der Waals surface area contributed by atoms with E-state index in [4.69, 9.17) is 14.2 Å². The Bertz CT molecular complexity index is 576. The Labute approximate surface area is 142 Å². The zero-order valence-electron chi connectivity index (χ0n) is 14.6. The van der Waals surface area contributed by atoms with E-state index in [2.05, 4.69) is 10.6 Å². The van der Waals surface area contributed by atoms with Crippen LogP contribution in [0.1, 0.15) is 24.3 Å². The summed E-state index contributed by atoms with van der Waals surface area (Å²) in [6, 6.07) is 3.89. The zero-order valence-corrected chi connectivity index (χ0v) is 14.6. The zero-order chi connectivity index (χ0) is 17.1. The van der Waals surface area contributed by atoms with Crippen LogP contribution in [-0.2, 0) is 4.79 Å². The second kappa shape index (κ2) is 7.30. The fourth-order valence-electron chi connectivity index (χ4n) is 3.32. The number of benzene rings is 1. The molecule has 6 heteroatoms. The summed E-state index contributed by atoms with van der Waals surface area (Å²) in [7, 11) is 4.80. The largest absolute Gasteiger partial charge is 0.493 e. The van der Waals surface area contributed by atoms with E-state index in [9.17, 15) is 4.79 Å². The van der Waals surface area contributed by atoms with E-state index in [1.165, 1.54) is 12.8 Å². The molecule has 1 aromatic carbocycles. The summed E-state index contributed by atoms with van der Waals surface area (Å²) in [6.07, 6.45) is 2.47. The smallest absolute Gasteiger partial charge is 0.225 e. The molecule has 0 radical (unpaired) electrons. The van der Waals surface area contributed by atoms with Crippen molar-refractivity contribution in [1.29, 1.82) is 0 Å². The highest BCUT2D eigenvalue weighted by atomic mass is 16.5. The third-order valence-electron chi connectivity index (χ3n) is 4.93. The molecule has 1 saturated carbocycles. The Morgan fingerprint density at radius 1 is 1.12 bits per heavy atom. The molecule has 1 aliphatic heterocycles. The lowest BCUT2D eigenvalue weighted by Gasteiger charge is -2.21. The molecule has 1 saturated heterocycles. The molecule has 6 nitrogen and oxygen atoms in total.